The van der Waals surface area contributed by atoms with Crippen molar-refractivity contribution in [3.63, 3.8) is 0 Å². The van der Waals surface area contributed by atoms with Crippen LogP contribution in [0.5, 0.6) is 0 Å². The number of hydrogen-bond acceptors (Lipinski definition) is 2. The zero-order chi connectivity index (χ0) is 10.2. The zero-order valence-electron chi connectivity index (χ0n) is 8.78. The third kappa shape index (κ3) is 4.40. The van der Waals surface area contributed by atoms with Crippen LogP contribution in [0.1, 0.15) is 18.4 Å². The molecule has 0 aromatic heterocycles. The minimum absolute atomic E-state index is 0.257. The van der Waals surface area contributed by atoms with E-state index >= 15 is 0 Å². The average Bonchev–Trinajstić information content (AvgIpc) is 2.20. The number of hydrogen-bond donors (Lipinski definition) is 1. The predicted molar refractivity (Wildman–Crippen MR) is 59.2 cm³/mol. The van der Waals surface area contributed by atoms with Crippen LogP contribution >= 0.6 is 0 Å². The fourth-order valence-corrected chi connectivity index (χ4v) is 1.51. The summed E-state index contributed by atoms with van der Waals surface area (Å²) in [4.78, 5) is 0. The fourth-order valence-electron chi connectivity index (χ4n) is 1.51. The van der Waals surface area contributed by atoms with Gasteiger partial charge in [0.15, 0.2) is 0 Å². The summed E-state index contributed by atoms with van der Waals surface area (Å²) in [6, 6.07) is 10.6. The average molecular weight is 193 g/mol. The van der Waals surface area contributed by atoms with E-state index in [0.29, 0.717) is 0 Å². The number of rotatable bonds is 6. The molecule has 1 atom stereocenters. The summed E-state index contributed by atoms with van der Waals surface area (Å²) in [5.41, 5.74) is 7.31. The van der Waals surface area contributed by atoms with Crippen LogP contribution in [0, 0.1) is 0 Å². The molecule has 0 heterocycles. The van der Waals surface area contributed by atoms with E-state index in [9.17, 15) is 0 Å². The Bertz CT molecular complexity index is 235. The molecule has 0 spiro atoms. The topological polar surface area (TPSA) is 35.2 Å². The molecule has 0 saturated heterocycles. The summed E-state index contributed by atoms with van der Waals surface area (Å²) in [5, 5.41) is 0. The molecule has 1 unspecified atom stereocenters. The largest absolute Gasteiger partial charge is 0.385 e. The lowest BCUT2D eigenvalue weighted by Gasteiger charge is -2.10. The standard InChI is InChI=1S/C12H19NO/c1-14-9-5-8-12(13)10-11-6-3-2-4-7-11/h2-4,6-7,12H,5,8-10,13H2,1H3. The lowest BCUT2D eigenvalue weighted by molar-refractivity contribution is 0.190. The Morgan fingerprint density at radius 3 is 2.64 bits per heavy atom. The van der Waals surface area contributed by atoms with Crippen molar-refractivity contribution >= 4 is 0 Å². The Balaban J connectivity index is 2.23. The highest BCUT2D eigenvalue weighted by atomic mass is 16.5. The van der Waals surface area contributed by atoms with Crippen molar-refractivity contribution in [1.82, 2.24) is 0 Å². The number of ether oxygens (including phenoxy) is 1. The first-order valence-electron chi connectivity index (χ1n) is 5.11. The SMILES string of the molecule is COCCCC(N)Cc1ccccc1. The highest BCUT2D eigenvalue weighted by molar-refractivity contribution is 5.15. The van der Waals surface area contributed by atoms with Gasteiger partial charge in [-0.15, -0.1) is 0 Å². The number of nitrogens with two attached hydrogens (primary N) is 1. The zero-order valence-corrected chi connectivity index (χ0v) is 8.78. The summed E-state index contributed by atoms with van der Waals surface area (Å²) >= 11 is 0. The van der Waals surface area contributed by atoms with Crippen molar-refractivity contribution in [3.05, 3.63) is 35.9 Å². The summed E-state index contributed by atoms with van der Waals surface area (Å²) in [6.07, 6.45) is 3.04. The number of methoxy groups -OCH3 is 1. The normalized spacial score (nSPS) is 12.7. The van der Waals surface area contributed by atoms with E-state index in [0.717, 1.165) is 25.9 Å². The first-order chi connectivity index (χ1) is 6.83. The van der Waals surface area contributed by atoms with Crippen LogP contribution in [-0.4, -0.2) is 19.8 Å². The van der Waals surface area contributed by atoms with Crippen molar-refractivity contribution in [2.24, 2.45) is 5.73 Å². The van der Waals surface area contributed by atoms with E-state index < -0.39 is 0 Å². The Kier molecular flexibility index (Phi) is 5.27. The minimum atomic E-state index is 0.257. The highest BCUT2D eigenvalue weighted by Gasteiger charge is 2.02. The molecular formula is C12H19NO. The third-order valence-corrected chi connectivity index (χ3v) is 2.26. The second-order valence-electron chi connectivity index (χ2n) is 3.58. The van der Waals surface area contributed by atoms with Crippen LogP contribution in [0.15, 0.2) is 30.3 Å². The molecule has 0 aliphatic heterocycles. The van der Waals surface area contributed by atoms with Gasteiger partial charge in [0.1, 0.15) is 0 Å². The Morgan fingerprint density at radius 1 is 1.29 bits per heavy atom. The predicted octanol–water partition coefficient (Wildman–Crippen LogP) is 1.98. The van der Waals surface area contributed by atoms with Crippen LogP contribution in [0.2, 0.25) is 0 Å². The van der Waals surface area contributed by atoms with E-state index in [-0.39, 0.29) is 6.04 Å². The fraction of sp³-hybridized carbons (Fsp3) is 0.500. The molecule has 0 saturated carbocycles. The molecule has 2 nitrogen and oxygen atoms in total. The van der Waals surface area contributed by atoms with Crippen molar-refractivity contribution < 1.29 is 4.74 Å². The van der Waals surface area contributed by atoms with Crippen molar-refractivity contribution in [3.8, 4) is 0 Å². The molecule has 0 aliphatic rings. The Labute approximate surface area is 86.1 Å². The van der Waals surface area contributed by atoms with Crippen LogP contribution < -0.4 is 5.73 Å². The van der Waals surface area contributed by atoms with Gasteiger partial charge in [-0.2, -0.15) is 0 Å². The van der Waals surface area contributed by atoms with Gasteiger partial charge in [0.25, 0.3) is 0 Å². The minimum Gasteiger partial charge on any atom is -0.385 e. The molecule has 0 aliphatic carbocycles. The van der Waals surface area contributed by atoms with E-state index in [2.05, 4.69) is 24.3 Å². The highest BCUT2D eigenvalue weighted by Crippen LogP contribution is 2.05. The van der Waals surface area contributed by atoms with E-state index in [1.165, 1.54) is 5.56 Å². The van der Waals surface area contributed by atoms with Gasteiger partial charge in [0, 0.05) is 19.8 Å². The van der Waals surface area contributed by atoms with Crippen LogP contribution in [0.4, 0.5) is 0 Å². The van der Waals surface area contributed by atoms with Crippen LogP contribution in [0.3, 0.4) is 0 Å². The maximum atomic E-state index is 5.99. The van der Waals surface area contributed by atoms with Gasteiger partial charge in [-0.3, -0.25) is 0 Å². The third-order valence-electron chi connectivity index (χ3n) is 2.26. The van der Waals surface area contributed by atoms with E-state index in [1.54, 1.807) is 7.11 Å². The van der Waals surface area contributed by atoms with Gasteiger partial charge in [-0.25, -0.2) is 0 Å². The lowest BCUT2D eigenvalue weighted by atomic mass is 10.0. The Morgan fingerprint density at radius 2 is 2.00 bits per heavy atom. The molecule has 78 valence electrons. The first kappa shape index (κ1) is 11.2. The Hall–Kier alpha value is -0.860. The molecule has 1 rings (SSSR count). The summed E-state index contributed by atoms with van der Waals surface area (Å²) in [6.45, 7) is 0.808. The molecule has 0 fully saturated rings. The van der Waals surface area contributed by atoms with Crippen LogP contribution in [-0.2, 0) is 11.2 Å². The first-order valence-corrected chi connectivity index (χ1v) is 5.11. The molecule has 0 radical (unpaired) electrons. The monoisotopic (exact) mass is 193 g/mol. The molecule has 0 bridgehead atoms. The summed E-state index contributed by atoms with van der Waals surface area (Å²) < 4.78 is 4.99. The lowest BCUT2D eigenvalue weighted by Crippen LogP contribution is -2.23. The molecule has 1 aromatic carbocycles. The van der Waals surface area contributed by atoms with Crippen molar-refractivity contribution in [2.45, 2.75) is 25.3 Å². The summed E-state index contributed by atoms with van der Waals surface area (Å²) in [5.74, 6) is 0. The smallest absolute Gasteiger partial charge is 0.0462 e. The van der Waals surface area contributed by atoms with Gasteiger partial charge >= 0.3 is 0 Å². The molecular weight excluding hydrogens is 174 g/mol. The number of benzene rings is 1. The van der Waals surface area contributed by atoms with Gasteiger partial charge in [-0.1, -0.05) is 30.3 Å². The van der Waals surface area contributed by atoms with Crippen molar-refractivity contribution in [2.75, 3.05) is 13.7 Å². The molecule has 14 heavy (non-hydrogen) atoms. The van der Waals surface area contributed by atoms with Gasteiger partial charge in [0.05, 0.1) is 0 Å². The maximum absolute atomic E-state index is 5.99. The summed E-state index contributed by atoms with van der Waals surface area (Å²) in [7, 11) is 1.72. The van der Waals surface area contributed by atoms with Gasteiger partial charge in [-0.05, 0) is 24.8 Å². The maximum Gasteiger partial charge on any atom is 0.0462 e. The van der Waals surface area contributed by atoms with Crippen molar-refractivity contribution in [1.29, 1.82) is 0 Å². The second kappa shape index (κ2) is 6.57. The van der Waals surface area contributed by atoms with E-state index in [4.69, 9.17) is 10.5 Å². The van der Waals surface area contributed by atoms with Gasteiger partial charge < -0.3 is 10.5 Å². The second-order valence-corrected chi connectivity index (χ2v) is 3.58. The molecule has 2 N–H and O–H groups in total. The van der Waals surface area contributed by atoms with Gasteiger partial charge in [0.2, 0.25) is 0 Å². The molecule has 1 aromatic rings. The molecule has 0 amide bonds. The molecule has 2 heteroatoms. The van der Waals surface area contributed by atoms with Crippen LogP contribution in [0.25, 0.3) is 0 Å². The van der Waals surface area contributed by atoms with E-state index in [1.807, 2.05) is 6.07 Å². The quantitative estimate of drug-likeness (QED) is 0.701.